The van der Waals surface area contributed by atoms with E-state index in [1.807, 2.05) is 0 Å². The molecule has 24 nitrogen and oxygen atoms in total. The maximum Gasteiger partial charge on any atom is 0.187 e. The van der Waals surface area contributed by atoms with Gasteiger partial charge in [-0.3, -0.25) is 4.79 Å². The molecule has 74 heavy (non-hydrogen) atoms. The van der Waals surface area contributed by atoms with Crippen molar-refractivity contribution in [3.05, 3.63) is 0 Å². The minimum absolute atomic E-state index is 0.0131. The molecule has 32 unspecified atom stereocenters. The molecule has 10 aliphatic rings. The van der Waals surface area contributed by atoms with Gasteiger partial charge in [0.25, 0.3) is 0 Å². The zero-order valence-corrected chi connectivity index (χ0v) is 42.2. The van der Waals surface area contributed by atoms with Crippen LogP contribution in [0.3, 0.4) is 0 Å². The lowest BCUT2D eigenvalue weighted by molar-refractivity contribution is -0.404. The van der Waals surface area contributed by atoms with Crippen molar-refractivity contribution in [1.29, 1.82) is 0 Å². The molecular weight excluding hydrogens is 985 g/mol. The van der Waals surface area contributed by atoms with Gasteiger partial charge < -0.3 is 114 Å². The van der Waals surface area contributed by atoms with Crippen molar-refractivity contribution in [3.8, 4) is 0 Å². The Balaban J connectivity index is 0.832. The maximum atomic E-state index is 14.7. The molecule has 6 heterocycles. The number of aliphatic hydroxyl groups excluding tert-OH is 13. The van der Waals surface area contributed by atoms with Crippen LogP contribution in [0.1, 0.15) is 79.1 Å². The van der Waals surface area contributed by atoms with E-state index in [2.05, 4.69) is 27.7 Å². The summed E-state index contributed by atoms with van der Waals surface area (Å²) in [4.78, 5) is 14.7. The minimum Gasteiger partial charge on any atom is -0.394 e. The van der Waals surface area contributed by atoms with Gasteiger partial charge in [-0.15, -0.1) is 0 Å². The van der Waals surface area contributed by atoms with Gasteiger partial charge in [-0.1, -0.05) is 27.7 Å². The Morgan fingerprint density at radius 1 is 0.595 bits per heavy atom. The summed E-state index contributed by atoms with van der Waals surface area (Å²) in [6, 6.07) is 0. The number of carbonyl (C=O) groups is 1. The number of carbonyl (C=O) groups excluding carboxylic acids is 1. The first-order valence-electron chi connectivity index (χ1n) is 26.8. The third-order valence-electron chi connectivity index (χ3n) is 19.9. The van der Waals surface area contributed by atoms with Crippen LogP contribution < -0.4 is 0 Å². The molecule has 0 bridgehead atoms. The van der Waals surface area contributed by atoms with E-state index in [4.69, 9.17) is 47.4 Å². The van der Waals surface area contributed by atoms with Crippen molar-refractivity contribution in [3.63, 3.8) is 0 Å². The number of hydrogen-bond acceptors (Lipinski definition) is 24. The average molecular weight is 1070 g/mol. The van der Waals surface area contributed by atoms with Gasteiger partial charge >= 0.3 is 0 Å². The zero-order valence-electron chi connectivity index (χ0n) is 42.2. The summed E-state index contributed by atoms with van der Waals surface area (Å²) in [6.07, 6.45) is -30.9. The first-order valence-corrected chi connectivity index (χ1v) is 26.8. The van der Waals surface area contributed by atoms with E-state index in [1.54, 1.807) is 0 Å². The monoisotopic (exact) mass is 1060 g/mol. The third-order valence-corrected chi connectivity index (χ3v) is 19.9. The molecule has 10 fully saturated rings. The van der Waals surface area contributed by atoms with Gasteiger partial charge in [-0.25, -0.2) is 0 Å². The molecule has 424 valence electrons. The van der Waals surface area contributed by atoms with E-state index < -0.39 is 172 Å². The second-order valence-corrected chi connectivity index (χ2v) is 23.9. The molecular formula is C50H80O24. The second-order valence-electron chi connectivity index (χ2n) is 23.9. The van der Waals surface area contributed by atoms with E-state index in [0.717, 1.165) is 32.1 Å². The molecule has 32 atom stereocenters. The SMILES string of the molecule is CC1CCC2(OC1)OC1CC3C4CCC5CC(OC6OC(CO)C(OC7OC(CO)C(O)C(OC8OCC(O)C(O)C8O)C7OC7OC(CO)C(O)C(O)C7O)C(O)C6O)C(O)CC5(C)C4CC(=O)C3(C)C1C2C. The van der Waals surface area contributed by atoms with Crippen LogP contribution in [0.2, 0.25) is 0 Å². The molecule has 4 saturated carbocycles. The Morgan fingerprint density at radius 3 is 1.91 bits per heavy atom. The van der Waals surface area contributed by atoms with Gasteiger partial charge in [0, 0.05) is 30.1 Å². The summed E-state index contributed by atoms with van der Waals surface area (Å²) < 4.78 is 60.8. The van der Waals surface area contributed by atoms with E-state index in [-0.39, 0.29) is 47.4 Å². The summed E-state index contributed by atoms with van der Waals surface area (Å²) >= 11 is 0. The van der Waals surface area contributed by atoms with Crippen LogP contribution in [0.5, 0.6) is 0 Å². The Hall–Kier alpha value is -1.25. The molecule has 0 aromatic carbocycles. The lowest BCUT2D eigenvalue weighted by atomic mass is 9.43. The van der Waals surface area contributed by atoms with Gasteiger partial charge in [0.05, 0.1) is 51.3 Å². The number of Topliss-reactive ketones (excluding diaryl/α,β-unsaturated/α-hetero) is 1. The zero-order chi connectivity index (χ0) is 53.1. The largest absolute Gasteiger partial charge is 0.394 e. The molecule has 0 aromatic rings. The fourth-order valence-electron chi connectivity index (χ4n) is 15.6. The predicted octanol–water partition coefficient (Wildman–Crippen LogP) is -4.12. The van der Waals surface area contributed by atoms with Crippen LogP contribution >= 0.6 is 0 Å². The standard InChI is InChI=1S/C50H80O24/c1-18-7-8-50(66-16-18)19(2)32-27(74-50)10-23-21-6-5-20-9-26(24(54)12-48(20,3)22(21)11-31(56)49(23,32)4)67-45-40(64)37(61)41(30(15-53)70-45)71-47-43(73-46-39(63)36(60)34(58)28(13-51)68-46)42(35(59)29(14-52)69-47)72-44-38(62)33(57)25(55)17-65-44/h18-30,32-47,51-55,57-64H,5-17H2,1-4H3. The van der Waals surface area contributed by atoms with Crippen LogP contribution in [0.4, 0.5) is 0 Å². The van der Waals surface area contributed by atoms with Gasteiger partial charge in [-0.05, 0) is 73.5 Å². The molecule has 13 N–H and O–H groups in total. The third kappa shape index (κ3) is 9.26. The molecule has 10 rings (SSSR count). The molecule has 0 radical (unpaired) electrons. The van der Waals surface area contributed by atoms with E-state index >= 15 is 0 Å². The van der Waals surface area contributed by atoms with Crippen LogP contribution in [0.25, 0.3) is 0 Å². The van der Waals surface area contributed by atoms with Gasteiger partial charge in [-0.2, -0.15) is 0 Å². The number of ether oxygens (including phenoxy) is 10. The van der Waals surface area contributed by atoms with Crippen molar-refractivity contribution in [2.45, 2.75) is 220 Å². The molecule has 0 aromatic heterocycles. The first kappa shape index (κ1) is 56.0. The average Bonchev–Trinajstić information content (AvgIpc) is 3.83. The highest BCUT2D eigenvalue weighted by atomic mass is 16.8. The number of aliphatic hydroxyl groups is 13. The number of rotatable bonds is 11. The summed E-state index contributed by atoms with van der Waals surface area (Å²) in [5.74, 6) is 0.590. The summed E-state index contributed by atoms with van der Waals surface area (Å²) in [7, 11) is 0. The predicted molar refractivity (Wildman–Crippen MR) is 244 cm³/mol. The van der Waals surface area contributed by atoms with Gasteiger partial charge in [0.15, 0.2) is 30.9 Å². The quantitative estimate of drug-likeness (QED) is 0.0874. The van der Waals surface area contributed by atoms with Crippen LogP contribution in [-0.2, 0) is 52.2 Å². The maximum absolute atomic E-state index is 14.7. The van der Waals surface area contributed by atoms with E-state index in [9.17, 15) is 71.2 Å². The van der Waals surface area contributed by atoms with Crippen LogP contribution in [-0.4, -0.2) is 246 Å². The Morgan fingerprint density at radius 2 is 1.22 bits per heavy atom. The van der Waals surface area contributed by atoms with E-state index in [1.165, 1.54) is 0 Å². The van der Waals surface area contributed by atoms with Crippen LogP contribution in [0.15, 0.2) is 0 Å². The summed E-state index contributed by atoms with van der Waals surface area (Å²) in [5.41, 5.74) is -0.978. The fraction of sp³-hybridized carbons (Fsp3) is 0.980. The number of hydrogen-bond donors (Lipinski definition) is 13. The fourth-order valence-corrected chi connectivity index (χ4v) is 15.6. The summed E-state index contributed by atoms with van der Waals surface area (Å²) in [5, 5.41) is 141. The normalized spacial score (nSPS) is 57.6. The number of ketones is 1. The number of fused-ring (bicyclic) bond motifs is 7. The molecule has 6 saturated heterocycles. The van der Waals surface area contributed by atoms with Crippen molar-refractivity contribution < 1.29 is 119 Å². The summed E-state index contributed by atoms with van der Waals surface area (Å²) in [6.45, 7) is 6.18. The van der Waals surface area contributed by atoms with Crippen molar-refractivity contribution in [1.82, 2.24) is 0 Å². The van der Waals surface area contributed by atoms with E-state index in [0.29, 0.717) is 31.8 Å². The smallest absolute Gasteiger partial charge is 0.187 e. The first-order chi connectivity index (χ1) is 35.1. The van der Waals surface area contributed by atoms with Gasteiger partial charge in [0.1, 0.15) is 97.3 Å². The molecule has 0 amide bonds. The highest BCUT2D eigenvalue weighted by molar-refractivity contribution is 5.87. The van der Waals surface area contributed by atoms with Crippen LogP contribution in [0, 0.1) is 52.3 Å². The molecule has 1 spiro atoms. The Kier molecular flexibility index (Phi) is 16.2. The molecule has 24 heteroatoms. The highest BCUT2D eigenvalue weighted by Gasteiger charge is 2.72. The topological polar surface area (TPSA) is 372 Å². The van der Waals surface area contributed by atoms with Crippen molar-refractivity contribution >= 4 is 5.78 Å². The molecule has 6 aliphatic heterocycles. The van der Waals surface area contributed by atoms with Crippen molar-refractivity contribution in [2.24, 2.45) is 52.3 Å². The lowest BCUT2D eigenvalue weighted by Crippen LogP contribution is -2.68. The Labute approximate surface area is 428 Å². The minimum atomic E-state index is -2.03. The highest BCUT2D eigenvalue weighted by Crippen LogP contribution is 2.70. The second kappa shape index (κ2) is 21.3. The van der Waals surface area contributed by atoms with Crippen molar-refractivity contribution in [2.75, 3.05) is 33.0 Å². The molecule has 4 aliphatic carbocycles. The Bertz CT molecular complexity index is 1940. The van der Waals surface area contributed by atoms with Gasteiger partial charge in [0.2, 0.25) is 0 Å². The lowest BCUT2D eigenvalue weighted by Gasteiger charge is -2.61.